The van der Waals surface area contributed by atoms with E-state index in [4.69, 9.17) is 8.83 Å². The van der Waals surface area contributed by atoms with Gasteiger partial charge in [-0.25, -0.2) is 4.58 Å². The molecule has 9 heteroatoms. The molecule has 4 aromatic rings. The summed E-state index contributed by atoms with van der Waals surface area (Å²) in [6, 6.07) is 22.9. The van der Waals surface area contributed by atoms with Crippen LogP contribution in [-0.2, 0) is 0 Å². The number of aryl methyl sites for hydroxylation is 2. The van der Waals surface area contributed by atoms with Crippen molar-refractivity contribution in [2.45, 2.75) is 41.5 Å². The fraction of sp³-hybridized carbons (Fsp3) is 0.270. The zero-order valence-corrected chi connectivity index (χ0v) is 27.1. The Balaban J connectivity index is 1.63. The van der Waals surface area contributed by atoms with Crippen molar-refractivity contribution in [1.29, 1.82) is 0 Å². The first-order valence-corrected chi connectivity index (χ1v) is 15.8. The molecule has 1 aromatic heterocycles. The van der Waals surface area contributed by atoms with Crippen molar-refractivity contribution < 1.29 is 13.8 Å². The van der Waals surface area contributed by atoms with Crippen LogP contribution < -0.4 is 14.8 Å². The van der Waals surface area contributed by atoms with Gasteiger partial charge in [0.15, 0.2) is 0 Å². The van der Waals surface area contributed by atoms with E-state index in [1.54, 1.807) is 12.1 Å². The van der Waals surface area contributed by atoms with Gasteiger partial charge in [0, 0.05) is 70.2 Å². The molecule has 0 saturated carbocycles. The molecule has 0 unspecified atom stereocenters. The molecule has 0 atom stereocenters. The van der Waals surface area contributed by atoms with Gasteiger partial charge < -0.3 is 13.7 Å². The van der Waals surface area contributed by atoms with Crippen LogP contribution in [0.3, 0.4) is 0 Å². The lowest BCUT2D eigenvalue weighted by Crippen LogP contribution is -2.31. The molecule has 9 nitrogen and oxygen atoms in total. The quantitative estimate of drug-likeness (QED) is 0.0700. The Hall–Kier alpha value is -5.31. The van der Waals surface area contributed by atoms with E-state index in [-0.39, 0.29) is 11.6 Å². The summed E-state index contributed by atoms with van der Waals surface area (Å²) in [4.78, 5) is 13.1. The van der Waals surface area contributed by atoms with Gasteiger partial charge in [0.2, 0.25) is 17.1 Å². The predicted molar refractivity (Wildman–Crippen MR) is 183 cm³/mol. The number of benzene rings is 4. The number of nitro benzene ring substituents is 1. The predicted octanol–water partition coefficient (Wildman–Crippen LogP) is 8.10. The monoisotopic (exact) mass is 616 g/mol. The van der Waals surface area contributed by atoms with E-state index in [2.05, 4.69) is 91.5 Å². The highest BCUT2D eigenvalue weighted by Gasteiger charge is 2.25. The number of non-ortho nitro benzene ring substituents is 1. The number of hydrogen-bond acceptors (Lipinski definition) is 7. The van der Waals surface area contributed by atoms with Gasteiger partial charge in [-0.1, -0.05) is 18.2 Å². The normalized spacial score (nSPS) is 11.3. The van der Waals surface area contributed by atoms with Crippen LogP contribution in [0.2, 0.25) is 0 Å². The maximum atomic E-state index is 11.1. The van der Waals surface area contributed by atoms with Crippen molar-refractivity contribution in [2.75, 3.05) is 31.1 Å². The zero-order chi connectivity index (χ0) is 32.5. The summed E-state index contributed by atoms with van der Waals surface area (Å²) < 4.78 is 15.3. The largest absolute Gasteiger partial charge is 0.456 e. The minimum atomic E-state index is -0.431. The van der Waals surface area contributed by atoms with E-state index < -0.39 is 4.92 Å². The molecule has 0 N–H and O–H groups in total. The second-order valence-corrected chi connectivity index (χ2v) is 11.4. The summed E-state index contributed by atoms with van der Waals surface area (Å²) in [7, 11) is 0. The highest BCUT2D eigenvalue weighted by atomic mass is 16.6. The topological polar surface area (TPSA) is 101 Å². The van der Waals surface area contributed by atoms with Gasteiger partial charge in [-0.05, 0) is 83.0 Å². The lowest BCUT2D eigenvalue weighted by Gasteiger charge is -2.25. The lowest BCUT2D eigenvalue weighted by molar-refractivity contribution is -0.384. The Morgan fingerprint density at radius 2 is 1.43 bits per heavy atom. The molecule has 0 saturated heterocycles. The summed E-state index contributed by atoms with van der Waals surface area (Å²) in [5, 5.41) is 22.0. The minimum absolute atomic E-state index is 0.000901. The summed E-state index contributed by atoms with van der Waals surface area (Å²) in [6.07, 6.45) is 0. The fourth-order valence-corrected chi connectivity index (χ4v) is 6.34. The average molecular weight is 617 g/mol. The Morgan fingerprint density at radius 3 is 2.09 bits per heavy atom. The Kier molecular flexibility index (Phi) is 8.41. The standard InChI is InChI=1S/C37H38N5O4/c1-7-40(8-2)31-21-33-29(19-23(31)5)35(30-20-24(6)32(22-34(30)45-33)41(9-3)10-4)27-13-11-12-14-28(27)37-39-38-36(46-37)25-15-17-26(18-16-25)42(43)44/h11-22H,7-10H2,1-6H3/q+1. The third-order valence-corrected chi connectivity index (χ3v) is 8.74. The van der Waals surface area contributed by atoms with Crippen LogP contribution in [0.1, 0.15) is 38.8 Å². The van der Waals surface area contributed by atoms with E-state index in [0.717, 1.165) is 76.2 Å². The maximum absolute atomic E-state index is 11.1. The van der Waals surface area contributed by atoms with Crippen molar-refractivity contribution in [2.24, 2.45) is 0 Å². The van der Waals surface area contributed by atoms with Crippen molar-refractivity contribution >= 4 is 22.3 Å². The highest BCUT2D eigenvalue weighted by molar-refractivity contribution is 6.06. The molecule has 2 aliphatic rings. The van der Waals surface area contributed by atoms with Gasteiger partial charge in [-0.2, -0.15) is 0 Å². The van der Waals surface area contributed by atoms with Crippen molar-refractivity contribution in [3.8, 4) is 45.4 Å². The van der Waals surface area contributed by atoms with Gasteiger partial charge in [0.05, 0.1) is 11.0 Å². The molecule has 2 heterocycles. The molecule has 1 aliphatic carbocycles. The Morgan fingerprint density at radius 1 is 0.761 bits per heavy atom. The molecule has 46 heavy (non-hydrogen) atoms. The Labute approximate surface area is 267 Å². The molecule has 0 fully saturated rings. The summed E-state index contributed by atoms with van der Waals surface area (Å²) in [5.41, 5.74) is 8.65. The van der Waals surface area contributed by atoms with Crippen LogP contribution in [0.5, 0.6) is 0 Å². The molecule has 0 radical (unpaired) electrons. The van der Waals surface area contributed by atoms with Gasteiger partial charge >= 0.3 is 0 Å². The number of nitro groups is 1. The lowest BCUT2D eigenvalue weighted by atomic mass is 9.89. The number of fused-ring (bicyclic) bond motifs is 2. The van der Waals surface area contributed by atoms with E-state index >= 15 is 0 Å². The molecular weight excluding hydrogens is 578 g/mol. The maximum Gasteiger partial charge on any atom is 0.269 e. The van der Waals surface area contributed by atoms with Crippen LogP contribution in [-0.4, -0.2) is 41.3 Å². The van der Waals surface area contributed by atoms with E-state index in [1.165, 1.54) is 23.3 Å². The van der Waals surface area contributed by atoms with E-state index in [9.17, 15) is 10.1 Å². The molecule has 234 valence electrons. The molecule has 0 bridgehead atoms. The second kappa shape index (κ2) is 12.6. The van der Waals surface area contributed by atoms with Gasteiger partial charge in [-0.3, -0.25) is 10.1 Å². The summed E-state index contributed by atoms with van der Waals surface area (Å²) in [5.74, 6) is 1.45. The number of hydrogen-bond donors (Lipinski definition) is 0. The third-order valence-electron chi connectivity index (χ3n) is 8.74. The average Bonchev–Trinajstić information content (AvgIpc) is 3.56. The highest BCUT2D eigenvalue weighted by Crippen LogP contribution is 2.45. The van der Waals surface area contributed by atoms with Crippen LogP contribution in [0.25, 0.3) is 56.3 Å². The van der Waals surface area contributed by atoms with Crippen molar-refractivity contribution in [1.82, 2.24) is 14.8 Å². The zero-order valence-electron chi connectivity index (χ0n) is 27.1. The SMILES string of the molecule is CCN(CC)c1cc2oc3cc(=[N+](CC)CC)c(C)cc-3c(-c3ccccc3-c3nnc(-c4ccc([N+](=O)[O-])cc4)o3)c2cc1C. The van der Waals surface area contributed by atoms with Crippen LogP contribution in [0.15, 0.2) is 81.6 Å². The van der Waals surface area contributed by atoms with Gasteiger partial charge in [0.1, 0.15) is 24.4 Å². The van der Waals surface area contributed by atoms with E-state index in [0.29, 0.717) is 11.5 Å². The number of anilines is 1. The van der Waals surface area contributed by atoms with Crippen LogP contribution >= 0.6 is 0 Å². The van der Waals surface area contributed by atoms with Crippen molar-refractivity contribution in [3.63, 3.8) is 0 Å². The number of rotatable bonds is 9. The van der Waals surface area contributed by atoms with Gasteiger partial charge in [-0.15, -0.1) is 10.2 Å². The molecule has 1 aliphatic heterocycles. The molecule has 0 amide bonds. The minimum Gasteiger partial charge on any atom is -0.456 e. The van der Waals surface area contributed by atoms with Gasteiger partial charge in [0.25, 0.3) is 5.69 Å². The first-order chi connectivity index (χ1) is 22.3. The number of aromatic nitrogens is 2. The summed E-state index contributed by atoms with van der Waals surface area (Å²) >= 11 is 0. The van der Waals surface area contributed by atoms with Crippen LogP contribution in [0, 0.1) is 24.0 Å². The smallest absolute Gasteiger partial charge is 0.269 e. The second-order valence-electron chi connectivity index (χ2n) is 11.4. The first kappa shape index (κ1) is 30.7. The first-order valence-electron chi connectivity index (χ1n) is 15.8. The fourth-order valence-electron chi connectivity index (χ4n) is 6.34. The molecule has 0 spiro atoms. The third kappa shape index (κ3) is 5.42. The Bertz CT molecular complexity index is 2100. The van der Waals surface area contributed by atoms with Crippen LogP contribution in [0.4, 0.5) is 11.4 Å². The molecule has 6 rings (SSSR count). The van der Waals surface area contributed by atoms with Crippen molar-refractivity contribution in [3.05, 3.63) is 99.4 Å². The molecule has 3 aromatic carbocycles. The number of nitrogens with zero attached hydrogens (tertiary/aromatic N) is 5. The summed E-state index contributed by atoms with van der Waals surface area (Å²) in [6.45, 7) is 16.5. The molecular formula is C37H38N5O4+. The van der Waals surface area contributed by atoms with E-state index in [1.807, 2.05) is 18.2 Å².